The lowest BCUT2D eigenvalue weighted by atomic mass is 10.1. The van der Waals surface area contributed by atoms with Crippen LogP contribution in [0, 0.1) is 6.92 Å². The molecule has 96 valence electrons. The first-order chi connectivity index (χ1) is 8.61. The Hall–Kier alpha value is -1.84. The highest BCUT2D eigenvalue weighted by atomic mass is 16.2. The van der Waals surface area contributed by atoms with Gasteiger partial charge in [-0.25, -0.2) is 4.79 Å². The van der Waals surface area contributed by atoms with E-state index in [-0.39, 0.29) is 18.0 Å². The summed E-state index contributed by atoms with van der Waals surface area (Å²) in [7, 11) is 0. The normalized spacial score (nSPS) is 19.2. The van der Waals surface area contributed by atoms with Crippen LogP contribution in [0.5, 0.6) is 0 Å². The van der Waals surface area contributed by atoms with Crippen molar-refractivity contribution in [2.45, 2.75) is 39.3 Å². The third-order valence-corrected chi connectivity index (χ3v) is 3.15. The first-order valence-corrected chi connectivity index (χ1v) is 6.29. The number of hydrogen-bond acceptors (Lipinski definition) is 2. The first-order valence-electron chi connectivity index (χ1n) is 6.29. The van der Waals surface area contributed by atoms with E-state index in [0.717, 1.165) is 12.0 Å². The number of carbonyl (C=O) groups excluding carboxylic acids is 2. The number of carbonyl (C=O) groups is 2. The largest absolute Gasteiger partial charge is 0.326 e. The van der Waals surface area contributed by atoms with E-state index in [1.165, 1.54) is 10.5 Å². The van der Waals surface area contributed by atoms with Crippen molar-refractivity contribution in [2.24, 2.45) is 0 Å². The van der Waals surface area contributed by atoms with Crippen LogP contribution in [0.15, 0.2) is 24.3 Å². The van der Waals surface area contributed by atoms with Crippen LogP contribution < -0.4 is 5.32 Å². The van der Waals surface area contributed by atoms with Gasteiger partial charge >= 0.3 is 6.03 Å². The van der Waals surface area contributed by atoms with Crippen molar-refractivity contribution in [3.63, 3.8) is 0 Å². The zero-order valence-electron chi connectivity index (χ0n) is 10.8. The van der Waals surface area contributed by atoms with E-state index in [4.69, 9.17) is 0 Å². The average molecular weight is 246 g/mol. The van der Waals surface area contributed by atoms with Crippen LogP contribution in [-0.2, 0) is 11.3 Å². The second kappa shape index (κ2) is 5.21. The number of benzene rings is 1. The lowest BCUT2D eigenvalue weighted by molar-refractivity contribution is -0.128. The van der Waals surface area contributed by atoms with Crippen LogP contribution in [0.1, 0.15) is 30.9 Å². The van der Waals surface area contributed by atoms with Crippen molar-refractivity contribution in [3.05, 3.63) is 35.4 Å². The molecule has 4 nitrogen and oxygen atoms in total. The molecule has 0 aliphatic carbocycles. The Bertz CT molecular complexity index is 453. The SMILES string of the molecule is CCC[C@@H]1NC(=O)N(Cc2ccc(C)cc2)C1=O. The van der Waals surface area contributed by atoms with Crippen molar-refractivity contribution in [3.8, 4) is 0 Å². The number of nitrogens with zero attached hydrogens (tertiary/aromatic N) is 1. The smallest absolute Gasteiger partial charge is 0.325 e. The Morgan fingerprint density at radius 3 is 2.50 bits per heavy atom. The minimum Gasteiger partial charge on any atom is -0.326 e. The molecular weight excluding hydrogens is 228 g/mol. The fourth-order valence-electron chi connectivity index (χ4n) is 2.09. The minimum atomic E-state index is -0.340. The quantitative estimate of drug-likeness (QED) is 0.828. The zero-order valence-corrected chi connectivity index (χ0v) is 10.8. The monoisotopic (exact) mass is 246 g/mol. The molecule has 0 unspecified atom stereocenters. The molecule has 1 N–H and O–H groups in total. The molecule has 0 bridgehead atoms. The summed E-state index contributed by atoms with van der Waals surface area (Å²) in [6.07, 6.45) is 1.59. The molecule has 1 aliphatic rings. The molecule has 2 rings (SSSR count). The summed E-state index contributed by atoms with van der Waals surface area (Å²) in [5.41, 5.74) is 2.14. The molecule has 3 amide bonds. The van der Waals surface area contributed by atoms with Crippen molar-refractivity contribution in [1.29, 1.82) is 0 Å². The van der Waals surface area contributed by atoms with E-state index in [1.54, 1.807) is 0 Å². The van der Waals surface area contributed by atoms with Gasteiger partial charge in [-0.2, -0.15) is 0 Å². The van der Waals surface area contributed by atoms with Crippen LogP contribution >= 0.6 is 0 Å². The molecule has 1 aliphatic heterocycles. The molecule has 18 heavy (non-hydrogen) atoms. The molecule has 1 fully saturated rings. The van der Waals surface area contributed by atoms with Gasteiger partial charge in [0.2, 0.25) is 0 Å². The van der Waals surface area contributed by atoms with Gasteiger partial charge in [0.05, 0.1) is 6.54 Å². The van der Waals surface area contributed by atoms with Gasteiger partial charge in [0.15, 0.2) is 0 Å². The predicted octanol–water partition coefficient (Wildman–Crippen LogP) is 2.22. The maximum Gasteiger partial charge on any atom is 0.325 e. The van der Waals surface area contributed by atoms with E-state index in [2.05, 4.69) is 5.32 Å². The van der Waals surface area contributed by atoms with E-state index in [1.807, 2.05) is 38.1 Å². The zero-order chi connectivity index (χ0) is 13.1. The average Bonchev–Trinajstić information content (AvgIpc) is 2.60. The van der Waals surface area contributed by atoms with Gasteiger partial charge in [0.25, 0.3) is 5.91 Å². The fraction of sp³-hybridized carbons (Fsp3) is 0.429. The summed E-state index contributed by atoms with van der Waals surface area (Å²) < 4.78 is 0. The third kappa shape index (κ3) is 2.53. The maximum absolute atomic E-state index is 12.0. The molecule has 1 saturated heterocycles. The minimum absolute atomic E-state index is 0.109. The number of amides is 3. The van der Waals surface area contributed by atoms with E-state index in [9.17, 15) is 9.59 Å². The highest BCUT2D eigenvalue weighted by molar-refractivity contribution is 6.04. The summed E-state index contributed by atoms with van der Waals surface area (Å²) in [5, 5.41) is 2.72. The summed E-state index contributed by atoms with van der Waals surface area (Å²) >= 11 is 0. The lowest BCUT2D eigenvalue weighted by Gasteiger charge is -2.13. The van der Waals surface area contributed by atoms with Gasteiger partial charge in [0.1, 0.15) is 6.04 Å². The molecule has 0 aromatic heterocycles. The Kier molecular flexibility index (Phi) is 3.65. The number of hydrogen-bond donors (Lipinski definition) is 1. The molecule has 1 atom stereocenters. The molecule has 1 heterocycles. The summed E-state index contributed by atoms with van der Waals surface area (Å²) in [5.74, 6) is -0.109. The Morgan fingerprint density at radius 1 is 1.22 bits per heavy atom. The van der Waals surface area contributed by atoms with Crippen molar-refractivity contribution < 1.29 is 9.59 Å². The number of imide groups is 1. The number of aryl methyl sites for hydroxylation is 1. The van der Waals surface area contributed by atoms with Gasteiger partial charge in [-0.1, -0.05) is 43.2 Å². The standard InChI is InChI=1S/C14H18N2O2/c1-3-4-12-13(17)16(14(18)15-12)9-11-7-5-10(2)6-8-11/h5-8,12H,3-4,9H2,1-2H3,(H,15,18)/t12-/m0/s1. The number of nitrogens with one attached hydrogen (secondary N) is 1. The van der Waals surface area contributed by atoms with Gasteiger partial charge in [-0.05, 0) is 18.9 Å². The van der Waals surface area contributed by atoms with Crippen LogP contribution in [0.25, 0.3) is 0 Å². The number of rotatable bonds is 4. The third-order valence-electron chi connectivity index (χ3n) is 3.15. The van der Waals surface area contributed by atoms with E-state index in [0.29, 0.717) is 13.0 Å². The van der Waals surface area contributed by atoms with E-state index < -0.39 is 0 Å². The lowest BCUT2D eigenvalue weighted by Crippen LogP contribution is -2.30. The molecule has 0 saturated carbocycles. The molecule has 1 aromatic rings. The second-order valence-corrected chi connectivity index (χ2v) is 4.70. The Morgan fingerprint density at radius 2 is 1.89 bits per heavy atom. The molecule has 4 heteroatoms. The Balaban J connectivity index is 2.07. The molecule has 0 spiro atoms. The van der Waals surface area contributed by atoms with Gasteiger partial charge in [-0.3, -0.25) is 9.69 Å². The molecular formula is C14H18N2O2. The summed E-state index contributed by atoms with van der Waals surface area (Å²) in [4.78, 5) is 25.1. The topological polar surface area (TPSA) is 49.4 Å². The van der Waals surface area contributed by atoms with Crippen LogP contribution in [0.2, 0.25) is 0 Å². The maximum atomic E-state index is 12.0. The van der Waals surface area contributed by atoms with Crippen molar-refractivity contribution in [2.75, 3.05) is 0 Å². The van der Waals surface area contributed by atoms with Gasteiger partial charge in [0, 0.05) is 0 Å². The van der Waals surface area contributed by atoms with Crippen LogP contribution in [-0.4, -0.2) is 22.9 Å². The number of urea groups is 1. The second-order valence-electron chi connectivity index (χ2n) is 4.70. The predicted molar refractivity (Wildman–Crippen MR) is 69.0 cm³/mol. The van der Waals surface area contributed by atoms with Crippen LogP contribution in [0.3, 0.4) is 0 Å². The van der Waals surface area contributed by atoms with Gasteiger partial charge < -0.3 is 5.32 Å². The molecule has 0 radical (unpaired) electrons. The van der Waals surface area contributed by atoms with E-state index >= 15 is 0 Å². The highest BCUT2D eigenvalue weighted by Gasteiger charge is 2.36. The van der Waals surface area contributed by atoms with Gasteiger partial charge in [-0.15, -0.1) is 0 Å². The van der Waals surface area contributed by atoms with Crippen molar-refractivity contribution in [1.82, 2.24) is 10.2 Å². The van der Waals surface area contributed by atoms with Crippen molar-refractivity contribution >= 4 is 11.9 Å². The summed E-state index contributed by atoms with van der Waals surface area (Å²) in [6.45, 7) is 4.36. The van der Waals surface area contributed by atoms with Crippen LogP contribution in [0.4, 0.5) is 4.79 Å². The summed E-state index contributed by atoms with van der Waals surface area (Å²) in [6, 6.07) is 7.24. The molecule has 1 aromatic carbocycles. The fourth-order valence-corrected chi connectivity index (χ4v) is 2.09. The first kappa shape index (κ1) is 12.6. The highest BCUT2D eigenvalue weighted by Crippen LogP contribution is 2.15. The Labute approximate surface area is 107 Å².